The molecule has 0 atom stereocenters. The van der Waals surface area contributed by atoms with E-state index < -0.39 is 0 Å². The van der Waals surface area contributed by atoms with E-state index in [2.05, 4.69) is 13.0 Å². The minimum atomic E-state index is 0.0446. The molecule has 3 aromatic rings. The van der Waals surface area contributed by atoms with E-state index >= 15 is 0 Å². The first kappa shape index (κ1) is 19.0. The number of rotatable bonds is 8. The van der Waals surface area contributed by atoms with Crippen LogP contribution < -0.4 is 15.0 Å². The van der Waals surface area contributed by atoms with Crippen molar-refractivity contribution < 1.29 is 9.47 Å². The average Bonchev–Trinajstić information content (AvgIpc) is 2.63. The third-order valence-corrected chi connectivity index (χ3v) is 4.37. The minimum absolute atomic E-state index is 0.0446. The van der Waals surface area contributed by atoms with Crippen LogP contribution in [0.15, 0.2) is 59.5 Å². The highest BCUT2D eigenvalue weighted by atomic mass is 16.5. The molecule has 0 fully saturated rings. The summed E-state index contributed by atoms with van der Waals surface area (Å²) in [6, 6.07) is 15.7. The standard InChI is InChI=1S/C23H27NO3/c1-17(2)27-21-9-10-22-19(16-21)11-13-24(23(22)25)12-4-5-14-26-20-8-6-7-18(3)15-20/h6-11,13,15-17H,4-5,12,14H2,1-3H3. The highest BCUT2D eigenvalue weighted by Crippen LogP contribution is 2.19. The zero-order valence-electron chi connectivity index (χ0n) is 16.3. The summed E-state index contributed by atoms with van der Waals surface area (Å²) >= 11 is 0. The van der Waals surface area contributed by atoms with Gasteiger partial charge < -0.3 is 14.0 Å². The van der Waals surface area contributed by atoms with E-state index in [1.165, 1.54) is 5.56 Å². The monoisotopic (exact) mass is 365 g/mol. The van der Waals surface area contributed by atoms with Crippen molar-refractivity contribution in [3.63, 3.8) is 0 Å². The average molecular weight is 365 g/mol. The fraction of sp³-hybridized carbons (Fsp3) is 0.348. The lowest BCUT2D eigenvalue weighted by Crippen LogP contribution is -2.19. The Hall–Kier alpha value is -2.75. The molecule has 0 bridgehead atoms. The lowest BCUT2D eigenvalue weighted by molar-refractivity contribution is 0.243. The second-order valence-electron chi connectivity index (χ2n) is 7.10. The van der Waals surface area contributed by atoms with Gasteiger partial charge in [-0.2, -0.15) is 0 Å². The number of aromatic nitrogens is 1. The van der Waals surface area contributed by atoms with Crippen molar-refractivity contribution in [2.45, 2.75) is 46.3 Å². The van der Waals surface area contributed by atoms with Crippen LogP contribution in [-0.4, -0.2) is 17.3 Å². The van der Waals surface area contributed by atoms with Crippen molar-refractivity contribution in [3.05, 3.63) is 70.6 Å². The van der Waals surface area contributed by atoms with Gasteiger partial charge >= 0.3 is 0 Å². The first-order valence-electron chi connectivity index (χ1n) is 9.52. The molecule has 1 heterocycles. The van der Waals surface area contributed by atoms with Gasteiger partial charge in [0.1, 0.15) is 11.5 Å². The number of unbranched alkanes of at least 4 members (excludes halogenated alkanes) is 1. The van der Waals surface area contributed by atoms with Crippen LogP contribution >= 0.6 is 0 Å². The SMILES string of the molecule is Cc1cccc(OCCCCn2ccc3cc(OC(C)C)ccc3c2=O)c1. The Morgan fingerprint density at radius 1 is 1.00 bits per heavy atom. The maximum absolute atomic E-state index is 12.7. The first-order valence-corrected chi connectivity index (χ1v) is 9.52. The van der Waals surface area contributed by atoms with E-state index in [0.29, 0.717) is 13.2 Å². The number of aryl methyl sites for hydroxylation is 2. The number of fused-ring (bicyclic) bond motifs is 1. The Bertz CT molecular complexity index is 959. The Morgan fingerprint density at radius 2 is 1.85 bits per heavy atom. The van der Waals surface area contributed by atoms with Crippen LogP contribution in [0, 0.1) is 6.92 Å². The molecule has 0 saturated heterocycles. The zero-order chi connectivity index (χ0) is 19.2. The molecule has 0 saturated carbocycles. The van der Waals surface area contributed by atoms with Crippen LogP contribution in [0.2, 0.25) is 0 Å². The number of hydrogen-bond acceptors (Lipinski definition) is 3. The molecule has 0 radical (unpaired) electrons. The summed E-state index contributed by atoms with van der Waals surface area (Å²) in [6.07, 6.45) is 3.78. The highest BCUT2D eigenvalue weighted by Gasteiger charge is 2.05. The molecule has 1 aromatic heterocycles. The van der Waals surface area contributed by atoms with E-state index in [0.717, 1.165) is 35.1 Å². The largest absolute Gasteiger partial charge is 0.494 e. The third kappa shape index (κ3) is 5.13. The van der Waals surface area contributed by atoms with Crippen LogP contribution in [0.1, 0.15) is 32.3 Å². The van der Waals surface area contributed by atoms with Crippen molar-refractivity contribution in [3.8, 4) is 11.5 Å². The number of pyridine rings is 1. The van der Waals surface area contributed by atoms with Crippen molar-refractivity contribution in [2.75, 3.05) is 6.61 Å². The van der Waals surface area contributed by atoms with Gasteiger partial charge in [0.15, 0.2) is 0 Å². The third-order valence-electron chi connectivity index (χ3n) is 4.37. The summed E-state index contributed by atoms with van der Waals surface area (Å²) in [7, 11) is 0. The molecule has 3 rings (SSSR count). The van der Waals surface area contributed by atoms with E-state index in [-0.39, 0.29) is 11.7 Å². The second-order valence-corrected chi connectivity index (χ2v) is 7.10. The molecular weight excluding hydrogens is 338 g/mol. The predicted molar refractivity (Wildman–Crippen MR) is 110 cm³/mol. The van der Waals surface area contributed by atoms with Crippen LogP contribution in [0.3, 0.4) is 0 Å². The first-order chi connectivity index (χ1) is 13.0. The Labute approximate surface area is 160 Å². The highest BCUT2D eigenvalue weighted by molar-refractivity contribution is 5.82. The van der Waals surface area contributed by atoms with Crippen LogP contribution in [-0.2, 0) is 6.54 Å². The van der Waals surface area contributed by atoms with Gasteiger partial charge in [0.25, 0.3) is 5.56 Å². The van der Waals surface area contributed by atoms with Gasteiger partial charge in [-0.05, 0) is 81.0 Å². The Balaban J connectivity index is 1.57. The van der Waals surface area contributed by atoms with Crippen molar-refractivity contribution >= 4 is 10.8 Å². The van der Waals surface area contributed by atoms with E-state index in [1.807, 2.05) is 62.5 Å². The van der Waals surface area contributed by atoms with E-state index in [4.69, 9.17) is 9.47 Å². The topological polar surface area (TPSA) is 40.5 Å². The van der Waals surface area contributed by atoms with Gasteiger partial charge in [0.2, 0.25) is 0 Å². The number of ether oxygens (including phenoxy) is 2. The summed E-state index contributed by atoms with van der Waals surface area (Å²) in [4.78, 5) is 12.7. The lowest BCUT2D eigenvalue weighted by Gasteiger charge is -2.11. The van der Waals surface area contributed by atoms with E-state index in [9.17, 15) is 4.79 Å². The van der Waals surface area contributed by atoms with Gasteiger partial charge in [0, 0.05) is 18.1 Å². The maximum atomic E-state index is 12.7. The molecule has 0 spiro atoms. The Morgan fingerprint density at radius 3 is 2.63 bits per heavy atom. The van der Waals surface area contributed by atoms with Gasteiger partial charge in [-0.3, -0.25) is 4.79 Å². The van der Waals surface area contributed by atoms with Crippen LogP contribution in [0.4, 0.5) is 0 Å². The summed E-state index contributed by atoms with van der Waals surface area (Å²) in [6.45, 7) is 7.38. The molecular formula is C23H27NO3. The molecule has 0 N–H and O–H groups in total. The van der Waals surface area contributed by atoms with E-state index in [1.54, 1.807) is 4.57 Å². The summed E-state index contributed by atoms with van der Waals surface area (Å²) in [5.41, 5.74) is 1.24. The number of nitrogens with zero attached hydrogens (tertiary/aromatic N) is 1. The molecule has 2 aromatic carbocycles. The molecule has 4 nitrogen and oxygen atoms in total. The molecule has 4 heteroatoms. The van der Waals surface area contributed by atoms with Crippen LogP contribution in [0.5, 0.6) is 11.5 Å². The minimum Gasteiger partial charge on any atom is -0.494 e. The fourth-order valence-electron chi connectivity index (χ4n) is 3.07. The Kier molecular flexibility index (Phi) is 6.17. The molecule has 0 aliphatic carbocycles. The van der Waals surface area contributed by atoms with Crippen molar-refractivity contribution in [1.82, 2.24) is 4.57 Å². The fourth-order valence-corrected chi connectivity index (χ4v) is 3.07. The van der Waals surface area contributed by atoms with Gasteiger partial charge in [-0.15, -0.1) is 0 Å². The summed E-state index contributed by atoms with van der Waals surface area (Å²) in [5, 5.41) is 1.64. The molecule has 0 amide bonds. The molecule has 0 aliphatic heterocycles. The molecule has 0 unspecified atom stereocenters. The normalized spacial score (nSPS) is 11.1. The predicted octanol–water partition coefficient (Wildman–Crippen LogP) is 4.96. The van der Waals surface area contributed by atoms with Gasteiger partial charge in [0.05, 0.1) is 12.7 Å². The summed E-state index contributed by atoms with van der Waals surface area (Å²) < 4.78 is 13.2. The maximum Gasteiger partial charge on any atom is 0.258 e. The van der Waals surface area contributed by atoms with Crippen LogP contribution in [0.25, 0.3) is 10.8 Å². The van der Waals surface area contributed by atoms with Gasteiger partial charge in [-0.25, -0.2) is 0 Å². The van der Waals surface area contributed by atoms with Crippen molar-refractivity contribution in [1.29, 1.82) is 0 Å². The number of hydrogen-bond donors (Lipinski definition) is 0. The molecule has 0 aliphatic rings. The second kappa shape index (κ2) is 8.76. The number of benzene rings is 2. The summed E-state index contributed by atoms with van der Waals surface area (Å²) in [5.74, 6) is 1.69. The lowest BCUT2D eigenvalue weighted by atomic mass is 10.1. The molecule has 142 valence electrons. The quantitative estimate of drug-likeness (QED) is 0.530. The zero-order valence-corrected chi connectivity index (χ0v) is 16.3. The van der Waals surface area contributed by atoms with Crippen molar-refractivity contribution in [2.24, 2.45) is 0 Å². The van der Waals surface area contributed by atoms with Gasteiger partial charge in [-0.1, -0.05) is 12.1 Å². The molecule has 27 heavy (non-hydrogen) atoms. The smallest absolute Gasteiger partial charge is 0.258 e.